The first-order chi connectivity index (χ1) is 11.3. The molecule has 2 rings (SSSR count). The second-order valence-electron chi connectivity index (χ2n) is 5.94. The molecule has 0 bridgehead atoms. The molecule has 0 spiro atoms. The summed E-state index contributed by atoms with van der Waals surface area (Å²) in [4.78, 5) is 28.7. The summed E-state index contributed by atoms with van der Waals surface area (Å²) in [5.74, 6) is -0.871. The molecular formula is C17H22FN3O3. The van der Waals surface area contributed by atoms with E-state index >= 15 is 0 Å². The molecule has 130 valence electrons. The van der Waals surface area contributed by atoms with Gasteiger partial charge in [0.25, 0.3) is 0 Å². The second-order valence-corrected chi connectivity index (χ2v) is 5.94. The van der Waals surface area contributed by atoms with Gasteiger partial charge >= 0.3 is 12.0 Å². The Morgan fingerprint density at radius 2 is 2.08 bits per heavy atom. The lowest BCUT2D eigenvalue weighted by molar-refractivity contribution is -0.142. The largest absolute Gasteiger partial charge is 0.467 e. The highest BCUT2D eigenvalue weighted by Crippen LogP contribution is 2.21. The van der Waals surface area contributed by atoms with E-state index in [4.69, 9.17) is 4.74 Å². The fraction of sp³-hybridized carbons (Fsp3) is 0.412. The van der Waals surface area contributed by atoms with E-state index in [1.807, 2.05) is 13.8 Å². The molecule has 2 aromatic rings. The average Bonchev–Trinajstić information content (AvgIpc) is 2.94. The van der Waals surface area contributed by atoms with Crippen LogP contribution in [0.4, 0.5) is 9.18 Å². The summed E-state index contributed by atoms with van der Waals surface area (Å²) >= 11 is 0. The highest BCUT2D eigenvalue weighted by Gasteiger charge is 2.25. The van der Waals surface area contributed by atoms with Gasteiger partial charge in [0.05, 0.1) is 7.11 Å². The number of rotatable bonds is 5. The van der Waals surface area contributed by atoms with Gasteiger partial charge in [0.15, 0.2) is 0 Å². The zero-order valence-corrected chi connectivity index (χ0v) is 14.2. The van der Waals surface area contributed by atoms with Crippen LogP contribution < -0.4 is 5.32 Å². The Balaban J connectivity index is 2.22. The van der Waals surface area contributed by atoms with Crippen LogP contribution in [0.2, 0.25) is 0 Å². The lowest BCUT2D eigenvalue weighted by Crippen LogP contribution is -2.49. The van der Waals surface area contributed by atoms with Gasteiger partial charge in [-0.1, -0.05) is 0 Å². The number of nitrogens with one attached hydrogen (secondary N) is 2. The molecule has 0 aliphatic rings. The number of ether oxygens (including phenoxy) is 1. The number of urea groups is 1. The fourth-order valence-electron chi connectivity index (χ4n) is 2.37. The number of hydrogen-bond acceptors (Lipinski definition) is 3. The number of carbonyl (C=O) groups excluding carboxylic acids is 2. The molecule has 6 nitrogen and oxygen atoms in total. The van der Waals surface area contributed by atoms with Crippen LogP contribution in [0, 0.1) is 5.82 Å². The summed E-state index contributed by atoms with van der Waals surface area (Å²) in [6.45, 7) is 3.75. The molecule has 1 aromatic heterocycles. The van der Waals surface area contributed by atoms with Crippen LogP contribution in [-0.2, 0) is 16.0 Å². The number of esters is 1. The SMILES string of the molecule is COC(=O)[C@@H](Cc1c[nH]c2cc(F)ccc12)NC(=O)N(C)C(C)C. The number of nitrogens with zero attached hydrogens (tertiary/aromatic N) is 1. The fourth-order valence-corrected chi connectivity index (χ4v) is 2.37. The van der Waals surface area contributed by atoms with E-state index in [1.54, 1.807) is 19.3 Å². The third-order valence-electron chi connectivity index (χ3n) is 4.03. The van der Waals surface area contributed by atoms with Crippen LogP contribution in [0.15, 0.2) is 24.4 Å². The molecule has 2 N–H and O–H groups in total. The maximum atomic E-state index is 13.3. The Morgan fingerprint density at radius 1 is 1.38 bits per heavy atom. The summed E-state index contributed by atoms with van der Waals surface area (Å²) < 4.78 is 18.1. The smallest absolute Gasteiger partial charge is 0.328 e. The van der Waals surface area contributed by atoms with Gasteiger partial charge in [-0.2, -0.15) is 0 Å². The molecule has 0 saturated heterocycles. The Labute approximate surface area is 140 Å². The van der Waals surface area contributed by atoms with Crippen LogP contribution in [0.1, 0.15) is 19.4 Å². The molecule has 2 amide bonds. The van der Waals surface area contributed by atoms with Gasteiger partial charge in [-0.15, -0.1) is 0 Å². The topological polar surface area (TPSA) is 74.4 Å². The number of carbonyl (C=O) groups is 2. The Hall–Kier alpha value is -2.57. The first-order valence-corrected chi connectivity index (χ1v) is 7.70. The van der Waals surface area contributed by atoms with Crippen molar-refractivity contribution in [3.8, 4) is 0 Å². The van der Waals surface area contributed by atoms with Crippen molar-refractivity contribution in [2.24, 2.45) is 0 Å². The molecule has 1 atom stereocenters. The monoisotopic (exact) mass is 335 g/mol. The average molecular weight is 335 g/mol. The van der Waals surface area contributed by atoms with Crippen molar-refractivity contribution in [1.82, 2.24) is 15.2 Å². The van der Waals surface area contributed by atoms with Crippen molar-refractivity contribution in [1.29, 1.82) is 0 Å². The lowest BCUT2D eigenvalue weighted by Gasteiger charge is -2.25. The summed E-state index contributed by atoms with van der Waals surface area (Å²) in [6, 6.07) is 3.21. The quantitative estimate of drug-likeness (QED) is 0.824. The van der Waals surface area contributed by atoms with Gasteiger partial charge in [-0.3, -0.25) is 0 Å². The van der Waals surface area contributed by atoms with Crippen molar-refractivity contribution in [3.05, 3.63) is 35.8 Å². The first kappa shape index (κ1) is 17.8. The molecule has 0 aliphatic carbocycles. The van der Waals surface area contributed by atoms with Gasteiger partial charge in [0.1, 0.15) is 11.9 Å². The third kappa shape index (κ3) is 3.84. The van der Waals surface area contributed by atoms with Crippen molar-refractivity contribution in [3.63, 3.8) is 0 Å². The van der Waals surface area contributed by atoms with Gasteiger partial charge in [-0.25, -0.2) is 14.0 Å². The maximum absolute atomic E-state index is 13.3. The van der Waals surface area contributed by atoms with Gasteiger partial charge in [0.2, 0.25) is 0 Å². The highest BCUT2D eigenvalue weighted by atomic mass is 19.1. The Morgan fingerprint density at radius 3 is 2.71 bits per heavy atom. The predicted molar refractivity (Wildman–Crippen MR) is 89.2 cm³/mol. The van der Waals surface area contributed by atoms with Gasteiger partial charge in [-0.05, 0) is 37.6 Å². The highest BCUT2D eigenvalue weighted by molar-refractivity contribution is 5.87. The number of amides is 2. The second kappa shape index (κ2) is 7.33. The van der Waals surface area contributed by atoms with E-state index in [0.29, 0.717) is 5.52 Å². The van der Waals surface area contributed by atoms with E-state index in [2.05, 4.69) is 10.3 Å². The van der Waals surface area contributed by atoms with Crippen molar-refractivity contribution in [2.75, 3.05) is 14.2 Å². The molecular weight excluding hydrogens is 313 g/mol. The molecule has 24 heavy (non-hydrogen) atoms. The zero-order chi connectivity index (χ0) is 17.9. The number of H-pyrrole nitrogens is 1. The maximum Gasteiger partial charge on any atom is 0.328 e. The first-order valence-electron chi connectivity index (χ1n) is 7.70. The molecule has 0 saturated carbocycles. The minimum atomic E-state index is -0.826. The van der Waals surface area contributed by atoms with Crippen molar-refractivity contribution >= 4 is 22.9 Å². The van der Waals surface area contributed by atoms with E-state index in [0.717, 1.165) is 10.9 Å². The molecule has 1 aromatic carbocycles. The molecule has 0 aliphatic heterocycles. The summed E-state index contributed by atoms with van der Waals surface area (Å²) in [5, 5.41) is 3.49. The Bertz CT molecular complexity index is 742. The van der Waals surface area contributed by atoms with Gasteiger partial charge in [0, 0.05) is 36.6 Å². The van der Waals surface area contributed by atoms with Crippen LogP contribution in [-0.4, -0.2) is 48.1 Å². The number of aromatic amines is 1. The van der Waals surface area contributed by atoms with Crippen LogP contribution in [0.25, 0.3) is 10.9 Å². The normalized spacial score (nSPS) is 12.2. The number of methoxy groups -OCH3 is 1. The minimum absolute atomic E-state index is 0.000592. The zero-order valence-electron chi connectivity index (χ0n) is 14.2. The van der Waals surface area contributed by atoms with Gasteiger partial charge < -0.3 is 19.9 Å². The van der Waals surface area contributed by atoms with E-state index < -0.39 is 12.0 Å². The number of aromatic nitrogens is 1. The van der Waals surface area contributed by atoms with Crippen LogP contribution >= 0.6 is 0 Å². The summed E-state index contributed by atoms with van der Waals surface area (Å²) in [6.07, 6.45) is 1.95. The molecule has 1 heterocycles. The number of halogens is 1. The minimum Gasteiger partial charge on any atom is -0.467 e. The molecule has 0 unspecified atom stereocenters. The summed E-state index contributed by atoms with van der Waals surface area (Å²) in [5.41, 5.74) is 1.44. The van der Waals surface area contributed by atoms with Crippen molar-refractivity contribution in [2.45, 2.75) is 32.4 Å². The van der Waals surface area contributed by atoms with Crippen LogP contribution in [0.3, 0.4) is 0 Å². The molecule has 7 heteroatoms. The lowest BCUT2D eigenvalue weighted by atomic mass is 10.0. The standard InChI is InChI=1S/C17H22FN3O3/c1-10(2)21(3)17(23)20-15(16(22)24-4)7-11-9-19-14-8-12(18)5-6-13(11)14/h5-6,8-10,15,19H,7H2,1-4H3,(H,20,23)/t15-/m1/s1. The van der Waals surface area contributed by atoms with E-state index in [1.165, 1.54) is 24.1 Å². The van der Waals surface area contributed by atoms with E-state index in [-0.39, 0.29) is 24.3 Å². The molecule has 0 fully saturated rings. The summed E-state index contributed by atoms with van der Waals surface area (Å²) in [7, 11) is 2.93. The van der Waals surface area contributed by atoms with Crippen LogP contribution in [0.5, 0.6) is 0 Å². The predicted octanol–water partition coefficient (Wildman–Crippen LogP) is 2.44. The Kier molecular flexibility index (Phi) is 5.43. The molecule has 0 radical (unpaired) electrons. The van der Waals surface area contributed by atoms with E-state index in [9.17, 15) is 14.0 Å². The third-order valence-corrected chi connectivity index (χ3v) is 4.03. The van der Waals surface area contributed by atoms with Crippen molar-refractivity contribution < 1.29 is 18.7 Å². The number of fused-ring (bicyclic) bond motifs is 1. The number of hydrogen-bond donors (Lipinski definition) is 2. The number of benzene rings is 1.